The molecule has 1 N–H and O–H groups in total. The Morgan fingerprint density at radius 1 is 1.45 bits per heavy atom. The summed E-state index contributed by atoms with van der Waals surface area (Å²) in [6.45, 7) is 2.22. The molecule has 2 fully saturated rings. The summed E-state index contributed by atoms with van der Waals surface area (Å²) in [4.78, 5) is 27.1. The SMILES string of the molecule is CN(C)C(=O)NC[C@H]1CC12CCN(C(=O)c1ccno1)CC2. The second kappa shape index (κ2) is 5.62. The van der Waals surface area contributed by atoms with Gasteiger partial charge in [0.05, 0.1) is 6.20 Å². The van der Waals surface area contributed by atoms with Crippen LogP contribution < -0.4 is 5.32 Å². The third-order valence-electron chi connectivity index (χ3n) is 4.96. The van der Waals surface area contributed by atoms with Gasteiger partial charge in [-0.25, -0.2) is 4.79 Å². The Labute approximate surface area is 129 Å². The van der Waals surface area contributed by atoms with Crippen LogP contribution in [0, 0.1) is 11.3 Å². The first-order valence-electron chi connectivity index (χ1n) is 7.67. The van der Waals surface area contributed by atoms with Gasteiger partial charge < -0.3 is 19.6 Å². The second-order valence-corrected chi connectivity index (χ2v) is 6.51. The van der Waals surface area contributed by atoms with E-state index < -0.39 is 0 Å². The highest BCUT2D eigenvalue weighted by Gasteiger charge is 2.54. The molecule has 1 aliphatic heterocycles. The molecule has 3 rings (SSSR count). The molecule has 1 saturated carbocycles. The molecule has 1 aromatic rings. The van der Waals surface area contributed by atoms with Crippen LogP contribution in [0.3, 0.4) is 0 Å². The molecule has 1 aromatic heterocycles. The second-order valence-electron chi connectivity index (χ2n) is 6.51. The Bertz CT molecular complexity index is 547. The van der Waals surface area contributed by atoms with E-state index >= 15 is 0 Å². The molecule has 0 radical (unpaired) electrons. The van der Waals surface area contributed by atoms with Crippen molar-refractivity contribution in [1.29, 1.82) is 0 Å². The minimum atomic E-state index is -0.0783. The van der Waals surface area contributed by atoms with Crippen LogP contribution in [0.1, 0.15) is 29.8 Å². The van der Waals surface area contributed by atoms with E-state index in [4.69, 9.17) is 4.52 Å². The molecule has 7 nitrogen and oxygen atoms in total. The minimum Gasteiger partial charge on any atom is -0.351 e. The zero-order chi connectivity index (χ0) is 15.7. The van der Waals surface area contributed by atoms with Crippen LogP contribution in [0.5, 0.6) is 0 Å². The zero-order valence-electron chi connectivity index (χ0n) is 13.0. The van der Waals surface area contributed by atoms with E-state index in [1.165, 1.54) is 6.20 Å². The fraction of sp³-hybridized carbons (Fsp3) is 0.667. The minimum absolute atomic E-state index is 0.0417. The molecule has 7 heteroatoms. The Morgan fingerprint density at radius 2 is 2.18 bits per heavy atom. The predicted octanol–water partition coefficient (Wildman–Crippen LogP) is 1.19. The summed E-state index contributed by atoms with van der Waals surface area (Å²) in [5, 5.41) is 6.53. The summed E-state index contributed by atoms with van der Waals surface area (Å²) in [7, 11) is 3.48. The molecule has 1 atom stereocenters. The number of nitrogens with zero attached hydrogens (tertiary/aromatic N) is 3. The van der Waals surface area contributed by atoms with Crippen molar-refractivity contribution in [3.8, 4) is 0 Å². The van der Waals surface area contributed by atoms with Gasteiger partial charge in [0, 0.05) is 39.8 Å². The number of carbonyl (C=O) groups excluding carboxylic acids is 2. The summed E-state index contributed by atoms with van der Waals surface area (Å²) in [5.41, 5.74) is 0.317. The van der Waals surface area contributed by atoms with E-state index in [-0.39, 0.29) is 11.9 Å². The van der Waals surface area contributed by atoms with Crippen LogP contribution in [-0.2, 0) is 0 Å². The topological polar surface area (TPSA) is 78.7 Å². The Kier molecular flexibility index (Phi) is 3.80. The van der Waals surface area contributed by atoms with Crippen molar-refractivity contribution in [1.82, 2.24) is 20.3 Å². The van der Waals surface area contributed by atoms with Gasteiger partial charge in [-0.2, -0.15) is 0 Å². The molecule has 120 valence electrons. The van der Waals surface area contributed by atoms with Crippen molar-refractivity contribution in [2.45, 2.75) is 19.3 Å². The number of piperidine rings is 1. The van der Waals surface area contributed by atoms with E-state index in [0.29, 0.717) is 17.1 Å². The number of urea groups is 1. The number of likely N-dealkylation sites (tertiary alicyclic amines) is 1. The van der Waals surface area contributed by atoms with Gasteiger partial charge in [0.25, 0.3) is 5.91 Å². The van der Waals surface area contributed by atoms with Gasteiger partial charge >= 0.3 is 6.03 Å². The maximum Gasteiger partial charge on any atom is 0.316 e. The molecule has 1 spiro atoms. The molecule has 2 aliphatic rings. The average molecular weight is 306 g/mol. The first-order valence-corrected chi connectivity index (χ1v) is 7.67. The summed E-state index contributed by atoms with van der Waals surface area (Å²) in [6.07, 6.45) is 4.62. The van der Waals surface area contributed by atoms with Crippen LogP contribution in [-0.4, -0.2) is 60.6 Å². The van der Waals surface area contributed by atoms with Crippen LogP contribution >= 0.6 is 0 Å². The molecule has 1 saturated heterocycles. The number of hydrogen-bond acceptors (Lipinski definition) is 4. The van der Waals surface area contributed by atoms with Gasteiger partial charge in [-0.3, -0.25) is 4.79 Å². The molecule has 1 aliphatic carbocycles. The number of aromatic nitrogens is 1. The van der Waals surface area contributed by atoms with Gasteiger partial charge in [0.15, 0.2) is 0 Å². The smallest absolute Gasteiger partial charge is 0.316 e. The lowest BCUT2D eigenvalue weighted by Gasteiger charge is -2.32. The van der Waals surface area contributed by atoms with E-state index in [2.05, 4.69) is 10.5 Å². The third-order valence-corrected chi connectivity index (χ3v) is 4.96. The van der Waals surface area contributed by atoms with Crippen molar-refractivity contribution in [3.05, 3.63) is 18.0 Å². The molecular formula is C15H22N4O3. The molecule has 2 heterocycles. The fourth-order valence-electron chi connectivity index (χ4n) is 3.34. The number of carbonyl (C=O) groups is 2. The molecule has 3 amide bonds. The molecular weight excluding hydrogens is 284 g/mol. The first kappa shape index (κ1) is 14.9. The highest BCUT2D eigenvalue weighted by molar-refractivity contribution is 5.91. The summed E-state index contributed by atoms with van der Waals surface area (Å²) >= 11 is 0. The third kappa shape index (κ3) is 2.80. The van der Waals surface area contributed by atoms with E-state index in [9.17, 15) is 9.59 Å². The average Bonchev–Trinajstić information content (AvgIpc) is 2.93. The number of amides is 3. The molecule has 22 heavy (non-hydrogen) atoms. The largest absolute Gasteiger partial charge is 0.351 e. The first-order chi connectivity index (χ1) is 10.5. The number of nitrogens with one attached hydrogen (secondary N) is 1. The maximum atomic E-state index is 12.2. The number of rotatable bonds is 3. The van der Waals surface area contributed by atoms with Crippen molar-refractivity contribution in [2.75, 3.05) is 33.7 Å². The fourth-order valence-corrected chi connectivity index (χ4v) is 3.34. The van der Waals surface area contributed by atoms with Gasteiger partial charge in [-0.05, 0) is 30.6 Å². The van der Waals surface area contributed by atoms with E-state index in [1.807, 2.05) is 4.90 Å². The summed E-state index contributed by atoms with van der Waals surface area (Å²) in [5.74, 6) is 0.769. The highest BCUT2D eigenvalue weighted by atomic mass is 16.5. The summed E-state index contributed by atoms with van der Waals surface area (Å²) in [6, 6.07) is 1.56. The quantitative estimate of drug-likeness (QED) is 0.910. The van der Waals surface area contributed by atoms with Crippen molar-refractivity contribution < 1.29 is 14.1 Å². The van der Waals surface area contributed by atoms with Crippen molar-refractivity contribution in [3.63, 3.8) is 0 Å². The monoisotopic (exact) mass is 306 g/mol. The van der Waals surface area contributed by atoms with Gasteiger partial charge in [0.1, 0.15) is 0 Å². The molecule has 0 unspecified atom stereocenters. The van der Waals surface area contributed by atoms with E-state index in [0.717, 1.165) is 38.9 Å². The standard InChI is InChI=1S/C15H22N4O3/c1-18(2)14(21)16-10-11-9-15(11)4-7-19(8-5-15)13(20)12-3-6-17-22-12/h3,6,11H,4-5,7-10H2,1-2H3,(H,16,21)/t11-/m1/s1. The zero-order valence-corrected chi connectivity index (χ0v) is 13.0. The predicted molar refractivity (Wildman–Crippen MR) is 79.3 cm³/mol. The lowest BCUT2D eigenvalue weighted by molar-refractivity contribution is 0.0627. The number of hydrogen-bond donors (Lipinski definition) is 1. The van der Waals surface area contributed by atoms with Crippen molar-refractivity contribution in [2.24, 2.45) is 11.3 Å². The van der Waals surface area contributed by atoms with Gasteiger partial charge in [-0.15, -0.1) is 0 Å². The Hall–Kier alpha value is -2.05. The lowest BCUT2D eigenvalue weighted by atomic mass is 9.90. The van der Waals surface area contributed by atoms with Crippen LogP contribution in [0.4, 0.5) is 4.79 Å². The maximum absolute atomic E-state index is 12.2. The normalized spacial score (nSPS) is 22.5. The van der Waals surface area contributed by atoms with Gasteiger partial charge in [-0.1, -0.05) is 5.16 Å². The Morgan fingerprint density at radius 3 is 2.77 bits per heavy atom. The Balaban J connectivity index is 1.47. The van der Waals surface area contributed by atoms with Gasteiger partial charge in [0.2, 0.25) is 5.76 Å². The van der Waals surface area contributed by atoms with Crippen LogP contribution in [0.2, 0.25) is 0 Å². The van der Waals surface area contributed by atoms with Crippen molar-refractivity contribution >= 4 is 11.9 Å². The van der Waals surface area contributed by atoms with E-state index in [1.54, 1.807) is 25.1 Å². The summed E-state index contributed by atoms with van der Waals surface area (Å²) < 4.78 is 4.93. The lowest BCUT2D eigenvalue weighted by Crippen LogP contribution is -2.40. The molecule has 0 aromatic carbocycles. The van der Waals surface area contributed by atoms with Crippen LogP contribution in [0.25, 0.3) is 0 Å². The molecule has 0 bridgehead atoms. The highest BCUT2D eigenvalue weighted by Crippen LogP contribution is 2.59. The van der Waals surface area contributed by atoms with Crippen LogP contribution in [0.15, 0.2) is 16.8 Å².